The van der Waals surface area contributed by atoms with Crippen molar-refractivity contribution in [1.29, 1.82) is 5.26 Å². The number of aliphatic hydroxyl groups is 1. The van der Waals surface area contributed by atoms with Crippen molar-refractivity contribution in [2.24, 2.45) is 12.5 Å². The maximum Gasteiger partial charge on any atom is 0.261 e. The predicted molar refractivity (Wildman–Crippen MR) is 227 cm³/mol. The van der Waals surface area contributed by atoms with E-state index in [0.717, 1.165) is 56.4 Å². The van der Waals surface area contributed by atoms with Crippen LogP contribution in [0.15, 0.2) is 53.6 Å². The molecule has 8 rings (SSSR count). The first-order valence-corrected chi connectivity index (χ1v) is 21.3. The number of ether oxygens (including phenoxy) is 1. The molecule has 3 N–H and O–H groups in total. The Morgan fingerprint density at radius 3 is 2.64 bits per heavy atom. The SMILES string of the molecule is CN(CCO)SNc1ccc(F)c(Oc2ccc3ncn(C4CC5(CCN(C6CCC(c7cc8c(cc7F)c([N-]CCC[NH-])nn8C)CC6F)CC5)C4)c(=O)c3c2)c1C#N.[Y]. The van der Waals surface area contributed by atoms with E-state index in [-0.39, 0.29) is 104 Å². The second kappa shape index (κ2) is 19.3. The molecule has 2 aromatic heterocycles. The van der Waals surface area contributed by atoms with Gasteiger partial charge in [0.25, 0.3) is 5.56 Å². The molecule has 0 bridgehead atoms. The van der Waals surface area contributed by atoms with Gasteiger partial charge >= 0.3 is 0 Å². The summed E-state index contributed by atoms with van der Waals surface area (Å²) in [5, 5.41) is 29.0. The van der Waals surface area contributed by atoms with E-state index in [4.69, 9.17) is 10.5 Å². The summed E-state index contributed by atoms with van der Waals surface area (Å²) in [5.74, 6) is -0.918. The summed E-state index contributed by atoms with van der Waals surface area (Å²) >= 11 is 1.14. The molecule has 2 aliphatic carbocycles. The van der Waals surface area contributed by atoms with Gasteiger partial charge in [0.05, 0.1) is 29.5 Å². The summed E-state index contributed by atoms with van der Waals surface area (Å²) in [7, 11) is 3.56. The Bertz CT molecular complexity index is 2470. The van der Waals surface area contributed by atoms with Crippen molar-refractivity contribution in [3.8, 4) is 17.6 Å². The van der Waals surface area contributed by atoms with Crippen LogP contribution in [0.1, 0.15) is 74.5 Å². The molecule has 1 radical (unpaired) electrons. The number of aromatic nitrogens is 4. The van der Waals surface area contributed by atoms with Crippen molar-refractivity contribution in [1.82, 2.24) is 28.5 Å². The molecule has 61 heavy (non-hydrogen) atoms. The average Bonchev–Trinajstić information content (AvgIpc) is 3.53. The first-order valence-electron chi connectivity index (χ1n) is 20.5. The van der Waals surface area contributed by atoms with Gasteiger partial charge in [-0.2, -0.15) is 11.8 Å². The number of hydrogen-bond donors (Lipinski definition) is 2. The van der Waals surface area contributed by atoms with Gasteiger partial charge in [-0.05, 0) is 130 Å². The van der Waals surface area contributed by atoms with Gasteiger partial charge in [0.2, 0.25) is 0 Å². The number of nitrogens with one attached hydrogen (secondary N) is 2. The van der Waals surface area contributed by atoms with Crippen LogP contribution in [0.25, 0.3) is 32.9 Å². The third-order valence-corrected chi connectivity index (χ3v) is 13.5. The number of rotatable bonds is 14. The smallest absolute Gasteiger partial charge is 0.261 e. The number of aryl methyl sites for hydroxylation is 1. The van der Waals surface area contributed by atoms with Gasteiger partial charge in [-0.3, -0.25) is 14.3 Å². The van der Waals surface area contributed by atoms with E-state index in [9.17, 15) is 15.2 Å². The van der Waals surface area contributed by atoms with Crippen LogP contribution in [0.3, 0.4) is 0 Å². The van der Waals surface area contributed by atoms with E-state index < -0.39 is 12.0 Å². The van der Waals surface area contributed by atoms with Gasteiger partial charge in [0.1, 0.15) is 29.4 Å². The topological polar surface area (TPSA) is 162 Å². The zero-order chi connectivity index (χ0) is 42.1. The minimum atomic E-state index is -1.08. The predicted octanol–water partition coefficient (Wildman–Crippen LogP) is 8.66. The second-order valence-corrected chi connectivity index (χ2v) is 17.4. The Kier molecular flexibility index (Phi) is 14.3. The number of likely N-dealkylation sites (tertiary alicyclic amines) is 1. The molecule has 3 aromatic carbocycles. The molecule has 3 atom stereocenters. The number of piperidine rings is 1. The minimum absolute atomic E-state index is 0. The normalized spacial score (nSPS) is 20.4. The third-order valence-electron chi connectivity index (χ3n) is 12.7. The summed E-state index contributed by atoms with van der Waals surface area (Å²) < 4.78 is 60.6. The fraction of sp³-hybridized carbons (Fsp3) is 0.488. The number of nitrogens with zero attached hydrogens (tertiary/aromatic N) is 8. The Balaban J connectivity index is 0.00000561. The Morgan fingerprint density at radius 1 is 1.13 bits per heavy atom. The zero-order valence-electron chi connectivity index (χ0n) is 34.3. The van der Waals surface area contributed by atoms with E-state index in [1.807, 2.05) is 12.1 Å². The largest absolute Gasteiger partial charge is 0.677 e. The van der Waals surface area contributed by atoms with Crippen molar-refractivity contribution in [3.05, 3.63) is 93.0 Å². The second-order valence-electron chi connectivity index (χ2n) is 16.4. The summed E-state index contributed by atoms with van der Waals surface area (Å²) in [6.45, 7) is 2.60. The number of anilines is 1. The van der Waals surface area contributed by atoms with Crippen LogP contribution in [-0.2, 0) is 39.8 Å². The standard InChI is InChI=1S/C43H49F3N10O3S.Y/c1-53(16-17-57)60-52-37-8-6-33(44)40(32(37)24-48)59-28-5-7-36-30(19-28)42(58)56(25-50-36)27-22-43(23-27)10-14-55(15-11-43)38-9-4-26(18-35(38)46)29-21-39-31(20-34(29)45)41(51-54(39)2)49-13-3-12-47;/h5-8,19-21,25-27,35,38,47,52,57H,3-4,9-18,22-23H2,1-2H3;/q-2;. The number of likely N-dealkylation sites (N-methyl/N-ethyl adjacent to an activating group) is 1. The number of benzene rings is 3. The Labute approximate surface area is 382 Å². The molecule has 5 aromatic rings. The molecule has 13 nitrogen and oxygen atoms in total. The van der Waals surface area contributed by atoms with Gasteiger partial charge in [0, 0.05) is 81.4 Å². The zero-order valence-corrected chi connectivity index (χ0v) is 37.9. The minimum Gasteiger partial charge on any atom is -0.677 e. The van der Waals surface area contributed by atoms with Gasteiger partial charge < -0.3 is 35.4 Å². The molecule has 1 aliphatic heterocycles. The number of alkyl halides is 1. The molecule has 3 fully saturated rings. The number of halogens is 3. The number of aliphatic hydroxyl groups excluding tert-OH is 1. The van der Waals surface area contributed by atoms with Crippen LogP contribution >= 0.6 is 12.1 Å². The molecule has 0 amide bonds. The molecule has 3 heterocycles. The van der Waals surface area contributed by atoms with Crippen molar-refractivity contribution in [2.45, 2.75) is 75.5 Å². The fourth-order valence-electron chi connectivity index (χ4n) is 9.36. The third kappa shape index (κ3) is 9.32. The van der Waals surface area contributed by atoms with Crippen LogP contribution in [0.4, 0.5) is 24.7 Å². The molecular weight excluding hydrogens is 883 g/mol. The Morgan fingerprint density at radius 2 is 1.92 bits per heavy atom. The van der Waals surface area contributed by atoms with E-state index in [1.165, 1.54) is 24.3 Å². The number of hydrogen-bond acceptors (Lipinski definition) is 10. The molecule has 3 aliphatic rings. The fourth-order valence-corrected chi connectivity index (χ4v) is 9.96. The average molecular weight is 932 g/mol. The van der Waals surface area contributed by atoms with Crippen LogP contribution in [0, 0.1) is 28.4 Å². The molecule has 321 valence electrons. The molecule has 18 heteroatoms. The summed E-state index contributed by atoms with van der Waals surface area (Å²) in [5.41, 5.74) is 9.25. The molecule has 2 saturated carbocycles. The molecular formula is C43H49F3N10O3SY-2. The van der Waals surface area contributed by atoms with Crippen molar-refractivity contribution >= 4 is 45.4 Å². The van der Waals surface area contributed by atoms with Crippen molar-refractivity contribution < 1.29 is 55.7 Å². The van der Waals surface area contributed by atoms with Gasteiger partial charge in [-0.1, -0.05) is 13.0 Å². The van der Waals surface area contributed by atoms with Crippen LogP contribution in [-0.4, -0.2) is 92.2 Å². The summed E-state index contributed by atoms with van der Waals surface area (Å²) in [6, 6.07) is 12.4. The molecule has 1 saturated heterocycles. The van der Waals surface area contributed by atoms with E-state index >= 15 is 13.2 Å². The first kappa shape index (κ1) is 45.3. The van der Waals surface area contributed by atoms with Crippen molar-refractivity contribution in [2.75, 3.05) is 51.1 Å². The molecule has 3 unspecified atom stereocenters. The monoisotopic (exact) mass is 931 g/mol. The van der Waals surface area contributed by atoms with E-state index in [0.29, 0.717) is 65.7 Å². The Hall–Kier alpha value is -3.76. The van der Waals surface area contributed by atoms with Crippen LogP contribution < -0.4 is 15.0 Å². The maximum absolute atomic E-state index is 16.0. The number of fused-ring (bicyclic) bond motifs is 2. The van der Waals surface area contributed by atoms with Crippen molar-refractivity contribution in [3.63, 3.8) is 0 Å². The van der Waals surface area contributed by atoms with Crippen LogP contribution in [0.2, 0.25) is 0 Å². The van der Waals surface area contributed by atoms with Gasteiger partial charge in [0.15, 0.2) is 11.6 Å². The quantitative estimate of drug-likeness (QED) is 0.0815. The molecule has 1 spiro atoms. The van der Waals surface area contributed by atoms with E-state index in [1.54, 1.807) is 46.1 Å². The van der Waals surface area contributed by atoms with Gasteiger partial charge in [-0.15, -0.1) is 0 Å². The van der Waals surface area contributed by atoms with E-state index in [2.05, 4.69) is 25.0 Å². The summed E-state index contributed by atoms with van der Waals surface area (Å²) in [4.78, 5) is 20.7. The summed E-state index contributed by atoms with van der Waals surface area (Å²) in [6.07, 6.45) is 6.17. The number of nitriles is 1. The first-order chi connectivity index (χ1) is 29.0. The van der Waals surface area contributed by atoms with Gasteiger partial charge in [-0.25, -0.2) is 22.5 Å². The maximum atomic E-state index is 16.0. The van der Waals surface area contributed by atoms with Crippen LogP contribution in [0.5, 0.6) is 11.5 Å².